The van der Waals surface area contributed by atoms with E-state index in [4.69, 9.17) is 14.3 Å². The van der Waals surface area contributed by atoms with Gasteiger partial charge in [-0.1, -0.05) is 13.8 Å². The van der Waals surface area contributed by atoms with Gasteiger partial charge in [-0.25, -0.2) is 4.79 Å². The minimum absolute atomic E-state index is 0.0231. The molecule has 110 valence electrons. The molecule has 2 N–H and O–H groups in total. The molecule has 0 aliphatic carbocycles. The van der Waals surface area contributed by atoms with E-state index in [1.165, 1.54) is 12.1 Å². The van der Waals surface area contributed by atoms with E-state index >= 15 is 0 Å². The van der Waals surface area contributed by atoms with E-state index in [9.17, 15) is 9.59 Å². The first-order valence-corrected chi connectivity index (χ1v) is 6.73. The molecule has 1 aromatic rings. The second kappa shape index (κ2) is 6.09. The van der Waals surface area contributed by atoms with Crippen molar-refractivity contribution in [1.82, 2.24) is 5.32 Å². The Kier molecular flexibility index (Phi) is 4.44. The number of carboxylic acids is 1. The predicted molar refractivity (Wildman–Crippen MR) is 70.7 cm³/mol. The van der Waals surface area contributed by atoms with Crippen LogP contribution >= 0.6 is 0 Å². The van der Waals surface area contributed by atoms with Crippen LogP contribution in [0.25, 0.3) is 0 Å². The minimum Gasteiger partial charge on any atom is -0.475 e. The predicted octanol–water partition coefficient (Wildman–Crippen LogP) is 1.91. The number of amides is 1. The van der Waals surface area contributed by atoms with E-state index in [0.29, 0.717) is 12.5 Å². The van der Waals surface area contributed by atoms with Gasteiger partial charge in [0, 0.05) is 12.6 Å². The summed E-state index contributed by atoms with van der Waals surface area (Å²) in [5, 5.41) is 11.6. The maximum atomic E-state index is 12.0. The molecule has 6 nitrogen and oxygen atoms in total. The van der Waals surface area contributed by atoms with Gasteiger partial charge in [-0.15, -0.1) is 0 Å². The normalized spacial score (nSPS) is 22.8. The number of ether oxygens (including phenoxy) is 1. The first kappa shape index (κ1) is 14.6. The van der Waals surface area contributed by atoms with E-state index in [0.717, 1.165) is 12.8 Å². The Bertz CT molecular complexity index is 494. The molecule has 2 rings (SSSR count). The van der Waals surface area contributed by atoms with Crippen LogP contribution in [0, 0.1) is 5.92 Å². The molecule has 0 radical (unpaired) electrons. The smallest absolute Gasteiger partial charge is 0.371 e. The molecule has 1 amide bonds. The highest BCUT2D eigenvalue weighted by atomic mass is 16.5. The maximum absolute atomic E-state index is 12.0. The summed E-state index contributed by atoms with van der Waals surface area (Å²) >= 11 is 0. The zero-order valence-electron chi connectivity index (χ0n) is 11.6. The van der Waals surface area contributed by atoms with Gasteiger partial charge in [0.1, 0.15) is 0 Å². The van der Waals surface area contributed by atoms with Crippen LogP contribution in [0.1, 0.15) is 47.8 Å². The number of aromatic carboxylic acids is 1. The van der Waals surface area contributed by atoms with E-state index < -0.39 is 5.97 Å². The Morgan fingerprint density at radius 1 is 1.35 bits per heavy atom. The van der Waals surface area contributed by atoms with Crippen LogP contribution in [0.4, 0.5) is 0 Å². The van der Waals surface area contributed by atoms with Gasteiger partial charge in [0.15, 0.2) is 5.76 Å². The van der Waals surface area contributed by atoms with Gasteiger partial charge in [0.2, 0.25) is 5.76 Å². The van der Waals surface area contributed by atoms with Crippen molar-refractivity contribution < 1.29 is 23.8 Å². The number of furan rings is 1. The molecule has 20 heavy (non-hydrogen) atoms. The zero-order valence-corrected chi connectivity index (χ0v) is 11.6. The third-order valence-electron chi connectivity index (χ3n) is 3.43. The number of carbonyl (C=O) groups is 2. The van der Waals surface area contributed by atoms with Crippen molar-refractivity contribution >= 4 is 11.9 Å². The van der Waals surface area contributed by atoms with Crippen LogP contribution in [0.15, 0.2) is 16.5 Å². The summed E-state index contributed by atoms with van der Waals surface area (Å²) in [6.45, 7) is 4.79. The second-order valence-corrected chi connectivity index (χ2v) is 5.32. The Balaban J connectivity index is 1.95. The topological polar surface area (TPSA) is 88.8 Å². The van der Waals surface area contributed by atoms with E-state index in [2.05, 4.69) is 19.2 Å². The third kappa shape index (κ3) is 3.39. The highest BCUT2D eigenvalue weighted by Gasteiger charge is 2.27. The summed E-state index contributed by atoms with van der Waals surface area (Å²) in [5.74, 6) is -1.38. The lowest BCUT2D eigenvalue weighted by atomic mass is 9.95. The lowest BCUT2D eigenvalue weighted by Gasteiger charge is -2.32. The number of carbonyl (C=O) groups excluding carboxylic acids is 1. The number of hydrogen-bond acceptors (Lipinski definition) is 4. The quantitative estimate of drug-likeness (QED) is 0.880. The molecule has 0 aromatic carbocycles. The fourth-order valence-electron chi connectivity index (χ4n) is 2.26. The van der Waals surface area contributed by atoms with Crippen LogP contribution in [0.5, 0.6) is 0 Å². The van der Waals surface area contributed by atoms with Crippen LogP contribution in [0.2, 0.25) is 0 Å². The second-order valence-electron chi connectivity index (χ2n) is 5.32. The van der Waals surface area contributed by atoms with Gasteiger partial charge >= 0.3 is 5.97 Å². The SMILES string of the molecule is CC(C)C1CC(NC(=O)c2ccc(C(=O)O)o2)CCO1. The van der Waals surface area contributed by atoms with Crippen LogP contribution in [0.3, 0.4) is 0 Å². The van der Waals surface area contributed by atoms with Crippen molar-refractivity contribution in [2.24, 2.45) is 5.92 Å². The molecule has 2 atom stereocenters. The van der Waals surface area contributed by atoms with Gasteiger partial charge in [0.05, 0.1) is 6.10 Å². The minimum atomic E-state index is -1.19. The summed E-state index contributed by atoms with van der Waals surface area (Å²) < 4.78 is 10.6. The number of hydrogen-bond donors (Lipinski definition) is 2. The molecule has 6 heteroatoms. The summed E-state index contributed by atoms with van der Waals surface area (Å²) in [6, 6.07) is 2.68. The molecular weight excluding hydrogens is 262 g/mol. The summed E-state index contributed by atoms with van der Waals surface area (Å²) in [5.41, 5.74) is 0. The molecule has 0 bridgehead atoms. The van der Waals surface area contributed by atoms with Gasteiger partial charge in [-0.05, 0) is 30.9 Å². The molecule has 0 spiro atoms. The molecule has 1 saturated heterocycles. The Labute approximate surface area is 117 Å². The lowest BCUT2D eigenvalue weighted by molar-refractivity contribution is -0.0234. The number of nitrogens with one attached hydrogen (secondary N) is 1. The molecule has 2 unspecified atom stereocenters. The molecule has 1 aliphatic rings. The first-order chi connectivity index (χ1) is 9.47. The Hall–Kier alpha value is -1.82. The molecule has 2 heterocycles. The standard InChI is InChI=1S/C14H19NO5/c1-8(2)12-7-9(5-6-19-12)15-13(16)10-3-4-11(20-10)14(17)18/h3-4,8-9,12H,5-7H2,1-2H3,(H,15,16)(H,17,18). The van der Waals surface area contributed by atoms with Crippen molar-refractivity contribution in [1.29, 1.82) is 0 Å². The van der Waals surface area contributed by atoms with E-state index in [-0.39, 0.29) is 29.6 Å². The van der Waals surface area contributed by atoms with E-state index in [1.807, 2.05) is 0 Å². The van der Waals surface area contributed by atoms with Gasteiger partial charge in [-0.2, -0.15) is 0 Å². The average molecular weight is 281 g/mol. The Morgan fingerprint density at radius 3 is 2.65 bits per heavy atom. The van der Waals surface area contributed by atoms with Crippen LogP contribution < -0.4 is 5.32 Å². The molecule has 1 aromatic heterocycles. The summed E-state index contributed by atoms with van der Waals surface area (Å²) in [7, 11) is 0. The molecule has 1 fully saturated rings. The number of rotatable bonds is 4. The van der Waals surface area contributed by atoms with Crippen molar-refractivity contribution in [3.8, 4) is 0 Å². The molecule has 1 aliphatic heterocycles. The zero-order chi connectivity index (χ0) is 14.7. The average Bonchev–Trinajstić information content (AvgIpc) is 2.88. The lowest BCUT2D eigenvalue weighted by Crippen LogP contribution is -2.43. The van der Waals surface area contributed by atoms with Crippen molar-refractivity contribution in [3.05, 3.63) is 23.7 Å². The third-order valence-corrected chi connectivity index (χ3v) is 3.43. The Morgan fingerprint density at radius 2 is 2.05 bits per heavy atom. The van der Waals surface area contributed by atoms with Gasteiger partial charge in [-0.3, -0.25) is 4.79 Å². The fraction of sp³-hybridized carbons (Fsp3) is 0.571. The number of carboxylic acid groups (broad SMARTS) is 1. The summed E-state index contributed by atoms with van der Waals surface area (Å²) in [4.78, 5) is 22.7. The van der Waals surface area contributed by atoms with Crippen molar-refractivity contribution in [2.75, 3.05) is 6.61 Å². The molecular formula is C14H19NO5. The highest BCUT2D eigenvalue weighted by molar-refractivity contribution is 5.93. The van der Waals surface area contributed by atoms with Gasteiger partial charge < -0.3 is 19.6 Å². The van der Waals surface area contributed by atoms with Gasteiger partial charge in [0.25, 0.3) is 5.91 Å². The maximum Gasteiger partial charge on any atom is 0.371 e. The van der Waals surface area contributed by atoms with Crippen LogP contribution in [-0.2, 0) is 4.74 Å². The first-order valence-electron chi connectivity index (χ1n) is 6.73. The highest BCUT2D eigenvalue weighted by Crippen LogP contribution is 2.20. The molecule has 0 saturated carbocycles. The fourth-order valence-corrected chi connectivity index (χ4v) is 2.26. The summed E-state index contributed by atoms with van der Waals surface area (Å²) in [6.07, 6.45) is 1.65. The monoisotopic (exact) mass is 281 g/mol. The van der Waals surface area contributed by atoms with Crippen LogP contribution in [-0.4, -0.2) is 35.7 Å². The van der Waals surface area contributed by atoms with E-state index in [1.54, 1.807) is 0 Å². The van der Waals surface area contributed by atoms with Crippen molar-refractivity contribution in [3.63, 3.8) is 0 Å². The van der Waals surface area contributed by atoms with Crippen molar-refractivity contribution in [2.45, 2.75) is 38.8 Å². The largest absolute Gasteiger partial charge is 0.475 e.